The largest absolute Gasteiger partial charge is 0.497 e. The number of rotatable bonds is 8. The average molecular weight is 376 g/mol. The Morgan fingerprint density at radius 3 is 2.63 bits per heavy atom. The summed E-state index contributed by atoms with van der Waals surface area (Å²) in [5.41, 5.74) is 0.805. The van der Waals surface area contributed by atoms with Gasteiger partial charge >= 0.3 is 5.97 Å². The quantitative estimate of drug-likeness (QED) is 0.428. The van der Waals surface area contributed by atoms with Crippen molar-refractivity contribution in [2.24, 2.45) is 17.0 Å². The minimum Gasteiger partial charge on any atom is -0.497 e. The molecule has 1 aromatic carbocycles. The number of amides is 1. The molecular formula is C20H28N2O5. The van der Waals surface area contributed by atoms with Crippen molar-refractivity contribution in [3.63, 3.8) is 0 Å². The van der Waals surface area contributed by atoms with Crippen LogP contribution in [0, 0.1) is 11.8 Å². The molecule has 1 aliphatic carbocycles. The second kappa shape index (κ2) is 10.5. The molecule has 0 radical (unpaired) electrons. The first kappa shape index (κ1) is 20.7. The third-order valence-corrected chi connectivity index (χ3v) is 4.99. The second-order valence-corrected chi connectivity index (χ2v) is 6.88. The Morgan fingerprint density at radius 1 is 1.19 bits per heavy atom. The Labute approximate surface area is 160 Å². The third kappa shape index (κ3) is 6.92. The number of nitrogens with one attached hydrogen (secondary N) is 1. The van der Waals surface area contributed by atoms with E-state index in [0.717, 1.165) is 24.2 Å². The lowest BCUT2D eigenvalue weighted by molar-refractivity contribution is -0.153. The first-order valence-corrected chi connectivity index (χ1v) is 9.24. The van der Waals surface area contributed by atoms with Crippen molar-refractivity contribution in [1.82, 2.24) is 5.32 Å². The molecule has 1 amide bonds. The third-order valence-electron chi connectivity index (χ3n) is 4.99. The van der Waals surface area contributed by atoms with Crippen molar-refractivity contribution >= 4 is 18.1 Å². The average Bonchev–Trinajstić information content (AvgIpc) is 2.67. The monoisotopic (exact) mass is 376 g/mol. The summed E-state index contributed by atoms with van der Waals surface area (Å²) < 4.78 is 9.99. The molecule has 7 nitrogen and oxygen atoms in total. The maximum Gasteiger partial charge on any atom is 0.347 e. The Bertz CT molecular complexity index is 644. The van der Waals surface area contributed by atoms with Crippen LogP contribution in [0.1, 0.15) is 38.7 Å². The lowest BCUT2D eigenvalue weighted by Crippen LogP contribution is -2.45. The van der Waals surface area contributed by atoms with Gasteiger partial charge in [-0.3, -0.25) is 4.79 Å². The first-order valence-electron chi connectivity index (χ1n) is 9.24. The van der Waals surface area contributed by atoms with Gasteiger partial charge in [0.05, 0.1) is 13.3 Å². The number of carbonyl (C=O) groups excluding carboxylic acids is 2. The highest BCUT2D eigenvalue weighted by Crippen LogP contribution is 2.29. The fourth-order valence-corrected chi connectivity index (χ4v) is 3.10. The van der Waals surface area contributed by atoms with E-state index in [9.17, 15) is 9.59 Å². The molecule has 1 saturated carbocycles. The molecule has 0 saturated heterocycles. The summed E-state index contributed by atoms with van der Waals surface area (Å²) in [4.78, 5) is 28.5. The molecule has 1 aliphatic rings. The number of carbonyl (C=O) groups is 2. The molecular weight excluding hydrogens is 348 g/mol. The van der Waals surface area contributed by atoms with Crippen LogP contribution in [0.4, 0.5) is 0 Å². The van der Waals surface area contributed by atoms with Gasteiger partial charge < -0.3 is 19.6 Å². The van der Waals surface area contributed by atoms with E-state index in [4.69, 9.17) is 14.3 Å². The Balaban J connectivity index is 1.63. The van der Waals surface area contributed by atoms with Crippen molar-refractivity contribution in [1.29, 1.82) is 0 Å². The van der Waals surface area contributed by atoms with E-state index in [-0.39, 0.29) is 25.2 Å². The normalized spacial score (nSPS) is 22.3. The summed E-state index contributed by atoms with van der Waals surface area (Å²) >= 11 is 0. The highest BCUT2D eigenvalue weighted by atomic mass is 16.7. The summed E-state index contributed by atoms with van der Waals surface area (Å²) in [7, 11) is 1.59. The van der Waals surface area contributed by atoms with Crippen LogP contribution in [0.5, 0.6) is 5.75 Å². The van der Waals surface area contributed by atoms with E-state index in [1.165, 1.54) is 12.6 Å². The van der Waals surface area contributed by atoms with E-state index < -0.39 is 5.97 Å². The van der Waals surface area contributed by atoms with Gasteiger partial charge in [-0.15, -0.1) is 0 Å². The van der Waals surface area contributed by atoms with Crippen LogP contribution < -0.4 is 10.1 Å². The zero-order chi connectivity index (χ0) is 19.6. The van der Waals surface area contributed by atoms with Gasteiger partial charge in [0, 0.05) is 6.04 Å². The fourth-order valence-electron chi connectivity index (χ4n) is 3.10. The maximum absolute atomic E-state index is 12.0. The molecule has 0 bridgehead atoms. The van der Waals surface area contributed by atoms with Crippen LogP contribution in [-0.2, 0) is 19.2 Å². The lowest BCUT2D eigenvalue weighted by atomic mass is 9.78. The molecule has 0 unspecified atom stereocenters. The molecule has 27 heavy (non-hydrogen) atoms. The Kier molecular flexibility index (Phi) is 8.10. The van der Waals surface area contributed by atoms with Crippen molar-refractivity contribution in [3.05, 3.63) is 29.8 Å². The van der Waals surface area contributed by atoms with Crippen LogP contribution in [0.25, 0.3) is 0 Å². The molecule has 7 heteroatoms. The van der Waals surface area contributed by atoms with Gasteiger partial charge in [0.2, 0.25) is 6.61 Å². The summed E-state index contributed by atoms with van der Waals surface area (Å²) in [6.07, 6.45) is 4.74. The van der Waals surface area contributed by atoms with Crippen molar-refractivity contribution < 1.29 is 23.9 Å². The standard InChI is InChI=1S/C20H28N2O5/c1-14-5-4-6-18(15(14)2)22-19(23)12-26-20(24)13-27-21-11-16-7-9-17(25-3)10-8-16/h7-11,14-15,18H,4-6,12-13H2,1-3H3,(H,22,23)/b21-11-/t14-,15-,18-/m1/s1. The summed E-state index contributed by atoms with van der Waals surface area (Å²) in [6, 6.07) is 7.35. The number of nitrogens with zero attached hydrogens (tertiary/aromatic N) is 1. The number of oxime groups is 1. The molecule has 1 N–H and O–H groups in total. The molecule has 0 spiro atoms. The molecule has 0 aromatic heterocycles. The first-order chi connectivity index (χ1) is 13.0. The minimum absolute atomic E-state index is 0.144. The smallest absolute Gasteiger partial charge is 0.347 e. The van der Waals surface area contributed by atoms with Crippen LogP contribution in [0.3, 0.4) is 0 Å². The number of hydrogen-bond donors (Lipinski definition) is 1. The van der Waals surface area contributed by atoms with Gasteiger partial charge in [0.15, 0.2) is 6.61 Å². The molecule has 148 valence electrons. The van der Waals surface area contributed by atoms with Crippen molar-refractivity contribution in [2.45, 2.75) is 39.2 Å². The maximum atomic E-state index is 12.0. The van der Waals surface area contributed by atoms with Gasteiger partial charge in [-0.1, -0.05) is 31.8 Å². The van der Waals surface area contributed by atoms with Gasteiger partial charge in [-0.25, -0.2) is 4.79 Å². The predicted octanol–water partition coefficient (Wildman–Crippen LogP) is 2.53. The van der Waals surface area contributed by atoms with Crippen LogP contribution in [-0.4, -0.2) is 44.5 Å². The molecule has 0 heterocycles. The molecule has 2 rings (SSSR count). The summed E-state index contributed by atoms with van der Waals surface area (Å²) in [6.45, 7) is 3.70. The second-order valence-electron chi connectivity index (χ2n) is 6.88. The number of esters is 1. The van der Waals surface area contributed by atoms with Gasteiger partial charge in [-0.2, -0.15) is 0 Å². The number of ether oxygens (including phenoxy) is 2. The van der Waals surface area contributed by atoms with Crippen molar-refractivity contribution in [3.8, 4) is 5.75 Å². The topological polar surface area (TPSA) is 86.2 Å². The Morgan fingerprint density at radius 2 is 1.93 bits per heavy atom. The van der Waals surface area contributed by atoms with E-state index in [0.29, 0.717) is 11.8 Å². The highest BCUT2D eigenvalue weighted by molar-refractivity contribution is 5.81. The number of benzene rings is 1. The van der Waals surface area contributed by atoms with Crippen LogP contribution >= 0.6 is 0 Å². The highest BCUT2D eigenvalue weighted by Gasteiger charge is 2.28. The molecule has 0 aliphatic heterocycles. The molecule has 1 aromatic rings. The summed E-state index contributed by atoms with van der Waals surface area (Å²) in [5, 5.41) is 6.66. The fraction of sp³-hybridized carbons (Fsp3) is 0.550. The minimum atomic E-state index is -0.637. The summed E-state index contributed by atoms with van der Waals surface area (Å²) in [5.74, 6) is 0.836. The number of methoxy groups -OCH3 is 1. The van der Waals surface area contributed by atoms with E-state index >= 15 is 0 Å². The van der Waals surface area contributed by atoms with Crippen LogP contribution in [0.15, 0.2) is 29.4 Å². The zero-order valence-corrected chi connectivity index (χ0v) is 16.1. The molecule has 3 atom stereocenters. The van der Waals surface area contributed by atoms with E-state index in [2.05, 4.69) is 24.3 Å². The van der Waals surface area contributed by atoms with Gasteiger partial charge in [-0.05, 0) is 48.1 Å². The SMILES string of the molecule is COc1ccc(/C=N\OCC(=O)OCC(=O)N[C@@H]2CCC[C@@H](C)[C@H]2C)cc1. The van der Waals surface area contributed by atoms with Gasteiger partial charge in [0.25, 0.3) is 5.91 Å². The Hall–Kier alpha value is -2.57. The predicted molar refractivity (Wildman–Crippen MR) is 102 cm³/mol. The lowest BCUT2D eigenvalue weighted by Gasteiger charge is -2.34. The van der Waals surface area contributed by atoms with E-state index in [1.807, 2.05) is 12.1 Å². The van der Waals surface area contributed by atoms with Crippen molar-refractivity contribution in [2.75, 3.05) is 20.3 Å². The molecule has 1 fully saturated rings. The van der Waals surface area contributed by atoms with Gasteiger partial charge in [0.1, 0.15) is 5.75 Å². The van der Waals surface area contributed by atoms with Crippen LogP contribution in [0.2, 0.25) is 0 Å². The number of hydrogen-bond acceptors (Lipinski definition) is 6. The van der Waals surface area contributed by atoms with E-state index in [1.54, 1.807) is 19.2 Å². The zero-order valence-electron chi connectivity index (χ0n) is 16.1.